The van der Waals surface area contributed by atoms with Crippen molar-refractivity contribution in [3.8, 4) is 5.75 Å². The van der Waals surface area contributed by atoms with Gasteiger partial charge in [0.1, 0.15) is 5.75 Å². The van der Waals surface area contributed by atoms with Crippen LogP contribution in [0.1, 0.15) is 36.2 Å². The van der Waals surface area contributed by atoms with E-state index in [1.807, 2.05) is 24.3 Å². The van der Waals surface area contributed by atoms with Gasteiger partial charge in [-0.1, -0.05) is 42.5 Å². The Morgan fingerprint density at radius 1 is 1.09 bits per heavy atom. The van der Waals surface area contributed by atoms with Gasteiger partial charge in [0, 0.05) is 24.1 Å². The number of hydrogen-bond donors (Lipinski definition) is 1. The lowest BCUT2D eigenvalue weighted by molar-refractivity contribution is 0.0980. The van der Waals surface area contributed by atoms with Crippen LogP contribution in [0.2, 0.25) is 0 Å². The summed E-state index contributed by atoms with van der Waals surface area (Å²) in [6.45, 7) is 4.99. The summed E-state index contributed by atoms with van der Waals surface area (Å²) in [6, 6.07) is 17.7. The second kappa shape index (κ2) is 7.93. The van der Waals surface area contributed by atoms with E-state index in [0.29, 0.717) is 24.3 Å². The van der Waals surface area contributed by atoms with E-state index in [-0.39, 0.29) is 11.3 Å². The number of benzene rings is 2. The molecule has 0 amide bonds. The minimum atomic E-state index is -0.0456. The molecule has 0 heterocycles. The van der Waals surface area contributed by atoms with Crippen LogP contribution in [-0.2, 0) is 6.42 Å². The molecule has 0 aliphatic rings. The second-order valence-electron chi connectivity index (χ2n) is 6.38. The number of carbonyl (C=O) groups is 1. The standard InChI is InChI=1S/C20H25NO2/c1-20(2,15-16-8-5-4-6-9-16)21-13-12-19(22)17-10-7-11-18(14-17)23-3/h4-11,14,21H,12-13,15H2,1-3H3. The number of Topliss-reactive ketones (excluding diaryl/α,β-unsaturated/α-hetero) is 1. The Labute approximate surface area is 138 Å². The molecule has 0 aliphatic carbocycles. The van der Waals surface area contributed by atoms with Crippen molar-refractivity contribution in [2.45, 2.75) is 32.2 Å². The third kappa shape index (κ3) is 5.53. The molecule has 0 fully saturated rings. The highest BCUT2D eigenvalue weighted by atomic mass is 16.5. The van der Waals surface area contributed by atoms with Gasteiger partial charge in [-0.15, -0.1) is 0 Å². The first-order valence-corrected chi connectivity index (χ1v) is 7.96. The van der Waals surface area contributed by atoms with E-state index in [0.717, 1.165) is 6.42 Å². The molecule has 0 atom stereocenters. The van der Waals surface area contributed by atoms with Crippen molar-refractivity contribution in [3.63, 3.8) is 0 Å². The lowest BCUT2D eigenvalue weighted by Crippen LogP contribution is -2.42. The molecule has 0 unspecified atom stereocenters. The van der Waals surface area contributed by atoms with Crippen molar-refractivity contribution in [2.24, 2.45) is 0 Å². The number of nitrogens with one attached hydrogen (secondary N) is 1. The molecule has 0 spiro atoms. The van der Waals surface area contributed by atoms with E-state index in [1.54, 1.807) is 13.2 Å². The van der Waals surface area contributed by atoms with Crippen molar-refractivity contribution in [1.29, 1.82) is 0 Å². The number of hydrogen-bond acceptors (Lipinski definition) is 3. The van der Waals surface area contributed by atoms with E-state index in [2.05, 4.69) is 43.4 Å². The Kier molecular flexibility index (Phi) is 5.94. The molecule has 3 nitrogen and oxygen atoms in total. The van der Waals surface area contributed by atoms with Gasteiger partial charge in [-0.2, -0.15) is 0 Å². The minimum Gasteiger partial charge on any atom is -0.497 e. The maximum absolute atomic E-state index is 12.3. The average molecular weight is 311 g/mol. The van der Waals surface area contributed by atoms with Crippen LogP contribution in [0.3, 0.4) is 0 Å². The third-order valence-electron chi connectivity index (χ3n) is 3.84. The summed E-state index contributed by atoms with van der Waals surface area (Å²) in [5.74, 6) is 0.847. The number of ether oxygens (including phenoxy) is 1. The van der Waals surface area contributed by atoms with Crippen LogP contribution in [-0.4, -0.2) is 25.0 Å². The van der Waals surface area contributed by atoms with Gasteiger partial charge in [0.2, 0.25) is 0 Å². The quantitative estimate of drug-likeness (QED) is 0.752. The van der Waals surface area contributed by atoms with Crippen molar-refractivity contribution in [1.82, 2.24) is 5.32 Å². The Bertz CT molecular complexity index is 635. The van der Waals surface area contributed by atoms with Crippen LogP contribution in [0.15, 0.2) is 54.6 Å². The van der Waals surface area contributed by atoms with Crippen LogP contribution in [0.4, 0.5) is 0 Å². The van der Waals surface area contributed by atoms with Crippen molar-refractivity contribution in [3.05, 3.63) is 65.7 Å². The Hall–Kier alpha value is -2.13. The van der Waals surface area contributed by atoms with Gasteiger partial charge < -0.3 is 10.1 Å². The largest absolute Gasteiger partial charge is 0.497 e. The van der Waals surface area contributed by atoms with Gasteiger partial charge in [0.25, 0.3) is 0 Å². The Morgan fingerprint density at radius 3 is 2.52 bits per heavy atom. The zero-order valence-corrected chi connectivity index (χ0v) is 14.1. The summed E-state index contributed by atoms with van der Waals surface area (Å²) in [7, 11) is 1.61. The monoisotopic (exact) mass is 311 g/mol. The fourth-order valence-corrected chi connectivity index (χ4v) is 2.62. The molecule has 2 aromatic carbocycles. The number of carbonyl (C=O) groups excluding carboxylic acids is 1. The first-order valence-electron chi connectivity index (χ1n) is 7.96. The van der Waals surface area contributed by atoms with Crippen molar-refractivity contribution >= 4 is 5.78 Å². The van der Waals surface area contributed by atoms with Gasteiger partial charge in [-0.3, -0.25) is 4.79 Å². The molecule has 0 aromatic heterocycles. The molecule has 2 aromatic rings. The highest BCUT2D eigenvalue weighted by Gasteiger charge is 2.18. The first-order chi connectivity index (χ1) is 11.0. The summed E-state index contributed by atoms with van der Waals surface area (Å²) in [5.41, 5.74) is 1.95. The fourth-order valence-electron chi connectivity index (χ4n) is 2.62. The van der Waals surface area contributed by atoms with Crippen molar-refractivity contribution < 1.29 is 9.53 Å². The number of rotatable bonds is 8. The molecule has 3 heteroatoms. The van der Waals surface area contributed by atoms with Gasteiger partial charge in [-0.05, 0) is 38.0 Å². The molecule has 122 valence electrons. The molecule has 2 rings (SSSR count). The van der Waals surface area contributed by atoms with Gasteiger partial charge >= 0.3 is 0 Å². The average Bonchev–Trinajstić information content (AvgIpc) is 2.55. The lowest BCUT2D eigenvalue weighted by atomic mass is 9.94. The zero-order valence-electron chi connectivity index (χ0n) is 14.1. The number of methoxy groups -OCH3 is 1. The molecule has 0 saturated carbocycles. The van der Waals surface area contributed by atoms with Gasteiger partial charge in [0.05, 0.1) is 7.11 Å². The highest BCUT2D eigenvalue weighted by molar-refractivity contribution is 5.96. The van der Waals surface area contributed by atoms with Crippen LogP contribution in [0.25, 0.3) is 0 Å². The van der Waals surface area contributed by atoms with Crippen LogP contribution in [0.5, 0.6) is 5.75 Å². The van der Waals surface area contributed by atoms with E-state index in [9.17, 15) is 4.79 Å². The maximum atomic E-state index is 12.3. The molecule has 0 radical (unpaired) electrons. The molecule has 0 aliphatic heterocycles. The summed E-state index contributed by atoms with van der Waals surface area (Å²) >= 11 is 0. The SMILES string of the molecule is COc1cccc(C(=O)CCNC(C)(C)Cc2ccccc2)c1. The van der Waals surface area contributed by atoms with Crippen molar-refractivity contribution in [2.75, 3.05) is 13.7 Å². The minimum absolute atomic E-state index is 0.0456. The highest BCUT2D eigenvalue weighted by Crippen LogP contribution is 2.15. The van der Waals surface area contributed by atoms with Gasteiger partial charge in [-0.25, -0.2) is 0 Å². The van der Waals surface area contributed by atoms with Gasteiger partial charge in [0.15, 0.2) is 5.78 Å². The summed E-state index contributed by atoms with van der Waals surface area (Å²) in [4.78, 5) is 12.3. The van der Waals surface area contributed by atoms with Crippen LogP contribution >= 0.6 is 0 Å². The Balaban J connectivity index is 1.84. The predicted molar refractivity (Wildman–Crippen MR) is 94.2 cm³/mol. The molecular formula is C20H25NO2. The topological polar surface area (TPSA) is 38.3 Å². The number of ketones is 1. The first kappa shape index (κ1) is 17.2. The van der Waals surface area contributed by atoms with E-state index < -0.39 is 0 Å². The van der Waals surface area contributed by atoms with Crippen LogP contribution < -0.4 is 10.1 Å². The third-order valence-corrected chi connectivity index (χ3v) is 3.84. The van der Waals surface area contributed by atoms with Crippen LogP contribution in [0, 0.1) is 0 Å². The predicted octanol–water partition coefficient (Wildman–Crippen LogP) is 3.88. The second-order valence-corrected chi connectivity index (χ2v) is 6.38. The normalized spacial score (nSPS) is 11.3. The summed E-state index contributed by atoms with van der Waals surface area (Å²) < 4.78 is 5.16. The zero-order chi connectivity index (χ0) is 16.7. The molecule has 1 N–H and O–H groups in total. The summed E-state index contributed by atoms with van der Waals surface area (Å²) in [6.07, 6.45) is 1.41. The molecule has 23 heavy (non-hydrogen) atoms. The van der Waals surface area contributed by atoms with E-state index in [1.165, 1.54) is 5.56 Å². The lowest BCUT2D eigenvalue weighted by Gasteiger charge is -2.26. The van der Waals surface area contributed by atoms with E-state index in [4.69, 9.17) is 4.74 Å². The molecule has 0 bridgehead atoms. The Morgan fingerprint density at radius 2 is 1.83 bits per heavy atom. The molecular weight excluding hydrogens is 286 g/mol. The summed E-state index contributed by atoms with van der Waals surface area (Å²) in [5, 5.41) is 3.48. The fraction of sp³-hybridized carbons (Fsp3) is 0.350. The van der Waals surface area contributed by atoms with E-state index >= 15 is 0 Å². The maximum Gasteiger partial charge on any atom is 0.164 e. The smallest absolute Gasteiger partial charge is 0.164 e. The molecule has 0 saturated heterocycles.